The van der Waals surface area contributed by atoms with Gasteiger partial charge < -0.3 is 10.2 Å². The number of halogens is 1. The standard InChI is InChI=1S/C14H17ClN2OS2/c1-9(11-6-7-13(15)20-11)16-14(18)17(3)10(2)12-5-4-8-19-12/h4-10H,1-3H3,(H,16,18). The maximum absolute atomic E-state index is 12.3. The lowest BCUT2D eigenvalue weighted by Gasteiger charge is -2.26. The van der Waals surface area contributed by atoms with Crippen molar-refractivity contribution < 1.29 is 4.79 Å². The van der Waals surface area contributed by atoms with Gasteiger partial charge in [0.25, 0.3) is 0 Å². The van der Waals surface area contributed by atoms with Crippen molar-refractivity contribution in [2.75, 3.05) is 7.05 Å². The fourth-order valence-electron chi connectivity index (χ4n) is 1.81. The highest BCUT2D eigenvalue weighted by molar-refractivity contribution is 7.16. The summed E-state index contributed by atoms with van der Waals surface area (Å²) in [6.07, 6.45) is 0. The van der Waals surface area contributed by atoms with Gasteiger partial charge in [-0.2, -0.15) is 0 Å². The zero-order valence-electron chi connectivity index (χ0n) is 11.6. The Morgan fingerprint density at radius 1 is 1.30 bits per heavy atom. The zero-order chi connectivity index (χ0) is 14.7. The van der Waals surface area contributed by atoms with Gasteiger partial charge in [0.2, 0.25) is 0 Å². The molecule has 20 heavy (non-hydrogen) atoms. The van der Waals surface area contributed by atoms with Gasteiger partial charge in [-0.15, -0.1) is 22.7 Å². The van der Waals surface area contributed by atoms with E-state index in [1.807, 2.05) is 50.5 Å². The molecule has 2 unspecified atom stereocenters. The van der Waals surface area contributed by atoms with Gasteiger partial charge in [-0.3, -0.25) is 0 Å². The van der Waals surface area contributed by atoms with Gasteiger partial charge in [-0.25, -0.2) is 4.79 Å². The van der Waals surface area contributed by atoms with Gasteiger partial charge in [0.1, 0.15) is 0 Å². The molecule has 2 amide bonds. The number of carbonyl (C=O) groups excluding carboxylic acids is 1. The van der Waals surface area contributed by atoms with Crippen molar-refractivity contribution in [2.24, 2.45) is 0 Å². The van der Waals surface area contributed by atoms with Crippen LogP contribution in [0.5, 0.6) is 0 Å². The minimum absolute atomic E-state index is 0.0435. The van der Waals surface area contributed by atoms with Crippen LogP contribution in [-0.4, -0.2) is 18.0 Å². The predicted molar refractivity (Wildman–Crippen MR) is 86.8 cm³/mol. The van der Waals surface area contributed by atoms with Gasteiger partial charge in [-0.1, -0.05) is 17.7 Å². The summed E-state index contributed by atoms with van der Waals surface area (Å²) in [5, 5.41) is 5.02. The molecule has 0 aliphatic heterocycles. The molecule has 0 radical (unpaired) electrons. The largest absolute Gasteiger partial charge is 0.331 e. The second-order valence-corrected chi connectivity index (χ2v) is 7.34. The van der Waals surface area contributed by atoms with Gasteiger partial charge in [-0.05, 0) is 37.4 Å². The molecule has 2 atom stereocenters. The van der Waals surface area contributed by atoms with Crippen LogP contribution in [0, 0.1) is 0 Å². The van der Waals surface area contributed by atoms with E-state index in [2.05, 4.69) is 5.32 Å². The normalized spacial score (nSPS) is 13.8. The van der Waals surface area contributed by atoms with E-state index in [4.69, 9.17) is 11.6 Å². The Morgan fingerprint density at radius 2 is 2.05 bits per heavy atom. The van der Waals surface area contributed by atoms with E-state index in [9.17, 15) is 4.79 Å². The minimum atomic E-state index is -0.0806. The van der Waals surface area contributed by atoms with Crippen LogP contribution >= 0.6 is 34.3 Å². The first-order valence-electron chi connectivity index (χ1n) is 6.31. The van der Waals surface area contributed by atoms with Crippen LogP contribution < -0.4 is 5.32 Å². The van der Waals surface area contributed by atoms with Crippen molar-refractivity contribution in [2.45, 2.75) is 25.9 Å². The minimum Gasteiger partial charge on any atom is -0.331 e. The van der Waals surface area contributed by atoms with Crippen LogP contribution in [0.15, 0.2) is 29.6 Å². The summed E-state index contributed by atoms with van der Waals surface area (Å²) < 4.78 is 0.737. The molecule has 0 fully saturated rings. The third-order valence-corrected chi connectivity index (χ3v) is 5.67. The smallest absolute Gasteiger partial charge is 0.318 e. The number of hydrogen-bond acceptors (Lipinski definition) is 3. The van der Waals surface area contributed by atoms with Crippen LogP contribution in [0.3, 0.4) is 0 Å². The number of carbonyl (C=O) groups is 1. The molecule has 0 aliphatic carbocycles. The molecular formula is C14H17ClN2OS2. The molecule has 0 saturated heterocycles. The number of hydrogen-bond donors (Lipinski definition) is 1. The van der Waals surface area contributed by atoms with E-state index in [1.54, 1.807) is 16.2 Å². The highest BCUT2D eigenvalue weighted by Crippen LogP contribution is 2.27. The van der Waals surface area contributed by atoms with Gasteiger partial charge >= 0.3 is 6.03 Å². The lowest BCUT2D eigenvalue weighted by Crippen LogP contribution is -2.39. The lowest BCUT2D eigenvalue weighted by atomic mass is 10.2. The lowest BCUT2D eigenvalue weighted by molar-refractivity contribution is 0.192. The molecule has 6 heteroatoms. The SMILES string of the molecule is CC(NC(=O)N(C)C(C)c1cccs1)c1ccc(Cl)s1. The molecule has 3 nitrogen and oxygen atoms in total. The van der Waals surface area contributed by atoms with Gasteiger partial charge in [0, 0.05) is 16.8 Å². The molecule has 2 aromatic rings. The van der Waals surface area contributed by atoms with Crippen molar-refractivity contribution >= 4 is 40.3 Å². The van der Waals surface area contributed by atoms with Crippen LogP contribution in [-0.2, 0) is 0 Å². The summed E-state index contributed by atoms with van der Waals surface area (Å²) in [5.74, 6) is 0. The predicted octanol–water partition coefficient (Wildman–Crippen LogP) is 4.93. The summed E-state index contributed by atoms with van der Waals surface area (Å²) in [6.45, 7) is 3.99. The first-order valence-corrected chi connectivity index (χ1v) is 8.38. The molecule has 108 valence electrons. The number of amides is 2. The molecule has 0 aromatic carbocycles. The Labute approximate surface area is 132 Å². The fourth-order valence-corrected chi connectivity index (χ4v) is 3.70. The van der Waals surface area contributed by atoms with Crippen LogP contribution in [0.1, 0.15) is 35.7 Å². The summed E-state index contributed by atoms with van der Waals surface area (Å²) in [6, 6.07) is 7.78. The van der Waals surface area contributed by atoms with Gasteiger partial charge in [0.05, 0.1) is 16.4 Å². The van der Waals surface area contributed by atoms with E-state index in [1.165, 1.54) is 16.2 Å². The Kier molecular flexibility index (Phi) is 5.07. The Bertz CT molecular complexity index is 568. The Balaban J connectivity index is 1.97. The number of urea groups is 1. The van der Waals surface area contributed by atoms with E-state index >= 15 is 0 Å². The van der Waals surface area contributed by atoms with Crippen molar-refractivity contribution in [3.8, 4) is 0 Å². The zero-order valence-corrected chi connectivity index (χ0v) is 14.0. The first kappa shape index (κ1) is 15.4. The maximum Gasteiger partial charge on any atom is 0.318 e. The van der Waals surface area contributed by atoms with Crippen molar-refractivity contribution in [1.82, 2.24) is 10.2 Å². The van der Waals surface area contributed by atoms with Gasteiger partial charge in [0.15, 0.2) is 0 Å². The third-order valence-electron chi connectivity index (χ3n) is 3.22. The average molecular weight is 329 g/mol. The van der Waals surface area contributed by atoms with Crippen LogP contribution in [0.4, 0.5) is 4.79 Å². The molecule has 0 saturated carbocycles. The van der Waals surface area contributed by atoms with Crippen molar-refractivity contribution in [1.29, 1.82) is 0 Å². The van der Waals surface area contributed by atoms with Crippen molar-refractivity contribution in [3.05, 3.63) is 43.7 Å². The van der Waals surface area contributed by atoms with E-state index in [-0.39, 0.29) is 18.1 Å². The number of nitrogens with one attached hydrogen (secondary N) is 1. The first-order chi connectivity index (χ1) is 9.49. The third kappa shape index (κ3) is 3.53. The van der Waals surface area contributed by atoms with Crippen LogP contribution in [0.25, 0.3) is 0 Å². The molecule has 0 spiro atoms. The topological polar surface area (TPSA) is 32.3 Å². The monoisotopic (exact) mass is 328 g/mol. The Morgan fingerprint density at radius 3 is 2.60 bits per heavy atom. The summed E-state index contributed by atoms with van der Waals surface area (Å²) >= 11 is 9.07. The van der Waals surface area contributed by atoms with Crippen molar-refractivity contribution in [3.63, 3.8) is 0 Å². The number of thiophene rings is 2. The molecule has 2 rings (SSSR count). The Hall–Kier alpha value is -1.04. The summed E-state index contributed by atoms with van der Waals surface area (Å²) in [5.41, 5.74) is 0. The second kappa shape index (κ2) is 6.61. The van der Waals surface area contributed by atoms with E-state index < -0.39 is 0 Å². The van der Waals surface area contributed by atoms with E-state index in [0.29, 0.717) is 0 Å². The molecule has 2 heterocycles. The summed E-state index contributed by atoms with van der Waals surface area (Å²) in [7, 11) is 1.81. The molecule has 1 N–H and O–H groups in total. The number of nitrogens with zero attached hydrogens (tertiary/aromatic N) is 1. The molecule has 2 aromatic heterocycles. The van der Waals surface area contributed by atoms with E-state index in [0.717, 1.165) is 9.21 Å². The number of rotatable bonds is 4. The molecule has 0 bridgehead atoms. The highest BCUT2D eigenvalue weighted by Gasteiger charge is 2.20. The second-order valence-electron chi connectivity index (χ2n) is 4.62. The van der Waals surface area contributed by atoms with Crippen LogP contribution in [0.2, 0.25) is 4.34 Å². The quantitative estimate of drug-likeness (QED) is 0.848. The summed E-state index contributed by atoms with van der Waals surface area (Å²) in [4.78, 5) is 16.2. The molecular weight excluding hydrogens is 312 g/mol. The average Bonchev–Trinajstić information content (AvgIpc) is 3.07. The highest BCUT2D eigenvalue weighted by atomic mass is 35.5. The fraction of sp³-hybridized carbons (Fsp3) is 0.357. The maximum atomic E-state index is 12.3. The molecule has 0 aliphatic rings.